The Morgan fingerprint density at radius 2 is 1.70 bits per heavy atom. The molecule has 4 heteroatoms. The zero-order valence-electron chi connectivity index (χ0n) is 13.3. The van der Waals surface area contributed by atoms with Crippen molar-refractivity contribution in [2.24, 2.45) is 5.73 Å². The number of fused-ring (bicyclic) bond motifs is 1. The van der Waals surface area contributed by atoms with Gasteiger partial charge in [-0.1, -0.05) is 36.4 Å². The maximum atomic E-state index is 13.8. The molecule has 0 saturated carbocycles. The molecule has 0 spiro atoms. The normalized spacial score (nSPS) is 20.0. The van der Waals surface area contributed by atoms with Crippen LogP contribution in [0.4, 0.5) is 4.39 Å². The molecule has 1 aliphatic carbocycles. The summed E-state index contributed by atoms with van der Waals surface area (Å²) in [5.41, 5.74) is 10.5. The van der Waals surface area contributed by atoms with Crippen LogP contribution in [0.3, 0.4) is 0 Å². The predicted molar refractivity (Wildman–Crippen MR) is 88.5 cm³/mol. The van der Waals surface area contributed by atoms with Gasteiger partial charge in [-0.05, 0) is 40.0 Å². The highest BCUT2D eigenvalue weighted by Gasteiger charge is 2.43. The highest BCUT2D eigenvalue weighted by Crippen LogP contribution is 2.47. The minimum absolute atomic E-state index is 0.286. The summed E-state index contributed by atoms with van der Waals surface area (Å²) in [5.74, 6) is -0.286. The van der Waals surface area contributed by atoms with Crippen molar-refractivity contribution in [2.45, 2.75) is 5.54 Å². The van der Waals surface area contributed by atoms with Crippen molar-refractivity contribution in [1.82, 2.24) is 0 Å². The highest BCUT2D eigenvalue weighted by atomic mass is 19.1. The maximum Gasteiger partial charge on any atom is 0.123 e. The van der Waals surface area contributed by atoms with Gasteiger partial charge >= 0.3 is 0 Å². The van der Waals surface area contributed by atoms with Crippen molar-refractivity contribution < 1.29 is 13.9 Å². The van der Waals surface area contributed by atoms with Crippen LogP contribution in [0.1, 0.15) is 16.7 Å². The van der Waals surface area contributed by atoms with Crippen LogP contribution in [0.2, 0.25) is 0 Å². The molecule has 0 amide bonds. The van der Waals surface area contributed by atoms with Gasteiger partial charge in [0.15, 0.2) is 0 Å². The van der Waals surface area contributed by atoms with E-state index in [0.29, 0.717) is 13.2 Å². The number of methoxy groups -OCH3 is 2. The van der Waals surface area contributed by atoms with E-state index in [1.807, 2.05) is 30.3 Å². The summed E-state index contributed by atoms with van der Waals surface area (Å²) in [6.07, 6.45) is 0. The molecule has 2 aromatic carbocycles. The fourth-order valence-corrected chi connectivity index (χ4v) is 3.36. The summed E-state index contributed by atoms with van der Waals surface area (Å²) in [4.78, 5) is 0. The molecule has 0 aliphatic heterocycles. The Labute approximate surface area is 135 Å². The molecule has 2 N–H and O–H groups in total. The van der Waals surface area contributed by atoms with Gasteiger partial charge in [0.25, 0.3) is 0 Å². The van der Waals surface area contributed by atoms with E-state index in [4.69, 9.17) is 15.2 Å². The number of hydrogen-bond donors (Lipinski definition) is 1. The molecule has 0 bridgehead atoms. The molecule has 3 nitrogen and oxygen atoms in total. The van der Waals surface area contributed by atoms with E-state index in [2.05, 4.69) is 0 Å². The second-order valence-electron chi connectivity index (χ2n) is 5.69. The first-order valence-corrected chi connectivity index (χ1v) is 7.48. The zero-order valence-corrected chi connectivity index (χ0v) is 13.3. The average Bonchev–Trinajstić information content (AvgIpc) is 2.79. The van der Waals surface area contributed by atoms with Gasteiger partial charge in [0.2, 0.25) is 0 Å². The van der Waals surface area contributed by atoms with Gasteiger partial charge < -0.3 is 15.2 Å². The summed E-state index contributed by atoms with van der Waals surface area (Å²) < 4.78 is 24.5. The molecule has 0 saturated heterocycles. The second-order valence-corrected chi connectivity index (χ2v) is 5.69. The van der Waals surface area contributed by atoms with Crippen molar-refractivity contribution in [3.8, 4) is 0 Å². The summed E-state index contributed by atoms with van der Waals surface area (Å²) >= 11 is 0. The molecule has 0 heterocycles. The Bertz CT molecular complexity index is 742. The molecular formula is C19H20FNO2. The fraction of sp³-hybridized carbons (Fsp3) is 0.263. The van der Waals surface area contributed by atoms with E-state index < -0.39 is 5.54 Å². The van der Waals surface area contributed by atoms with Crippen molar-refractivity contribution in [1.29, 1.82) is 0 Å². The van der Waals surface area contributed by atoms with Gasteiger partial charge in [-0.25, -0.2) is 4.39 Å². The number of rotatable bonds is 5. The minimum atomic E-state index is -0.839. The largest absolute Gasteiger partial charge is 0.380 e. The lowest BCUT2D eigenvalue weighted by Crippen LogP contribution is -2.39. The molecule has 1 atom stereocenters. The van der Waals surface area contributed by atoms with Crippen LogP contribution in [-0.2, 0) is 15.0 Å². The second kappa shape index (κ2) is 6.24. The summed E-state index contributed by atoms with van der Waals surface area (Å²) in [7, 11) is 3.25. The van der Waals surface area contributed by atoms with Crippen molar-refractivity contribution >= 4 is 5.57 Å². The SMILES string of the molecule is COCC1=C(COC)[C@](N)(c2ccccc2)c2ccc(F)cc21. The van der Waals surface area contributed by atoms with Crippen molar-refractivity contribution in [3.63, 3.8) is 0 Å². The standard InChI is InChI=1S/C19H20FNO2/c1-22-11-16-15-10-14(20)8-9-17(15)19(21,18(16)12-23-2)13-6-4-3-5-7-13/h3-10H,11-12,21H2,1-2H3/t19-/m0/s1. The number of hydrogen-bond acceptors (Lipinski definition) is 3. The Balaban J connectivity index is 2.29. The summed E-state index contributed by atoms with van der Waals surface area (Å²) in [6, 6.07) is 14.6. The third-order valence-electron chi connectivity index (χ3n) is 4.38. The molecule has 0 radical (unpaired) electrons. The van der Waals surface area contributed by atoms with Gasteiger partial charge in [0.05, 0.1) is 18.8 Å². The molecule has 3 rings (SSSR count). The third-order valence-corrected chi connectivity index (χ3v) is 4.38. The molecule has 120 valence electrons. The maximum absolute atomic E-state index is 13.8. The van der Waals surface area contributed by atoms with E-state index in [9.17, 15) is 4.39 Å². The van der Waals surface area contributed by atoms with E-state index in [0.717, 1.165) is 27.8 Å². The minimum Gasteiger partial charge on any atom is -0.380 e. The quantitative estimate of drug-likeness (QED) is 0.922. The molecule has 0 fully saturated rings. The van der Waals surface area contributed by atoms with Crippen molar-refractivity contribution in [3.05, 3.63) is 76.6 Å². The van der Waals surface area contributed by atoms with Crippen LogP contribution >= 0.6 is 0 Å². The summed E-state index contributed by atoms with van der Waals surface area (Å²) in [6.45, 7) is 0.724. The lowest BCUT2D eigenvalue weighted by atomic mass is 9.81. The number of nitrogens with two attached hydrogens (primary N) is 1. The average molecular weight is 313 g/mol. The first kappa shape index (κ1) is 15.9. The van der Waals surface area contributed by atoms with Gasteiger partial charge in [-0.3, -0.25) is 0 Å². The molecule has 1 aliphatic rings. The van der Waals surface area contributed by atoms with Crippen LogP contribution in [-0.4, -0.2) is 27.4 Å². The van der Waals surface area contributed by atoms with Crippen molar-refractivity contribution in [2.75, 3.05) is 27.4 Å². The first-order chi connectivity index (χ1) is 11.1. The molecule has 23 heavy (non-hydrogen) atoms. The van der Waals surface area contributed by atoms with Crippen LogP contribution in [0, 0.1) is 5.82 Å². The molecule has 0 aromatic heterocycles. The van der Waals surface area contributed by atoms with E-state index in [1.54, 1.807) is 20.3 Å². The number of ether oxygens (including phenoxy) is 2. The molecule has 2 aromatic rings. The lowest BCUT2D eigenvalue weighted by molar-refractivity contribution is 0.212. The van der Waals surface area contributed by atoms with E-state index >= 15 is 0 Å². The van der Waals surface area contributed by atoms with Gasteiger partial charge in [-0.2, -0.15) is 0 Å². The summed E-state index contributed by atoms with van der Waals surface area (Å²) in [5, 5.41) is 0. The Morgan fingerprint density at radius 3 is 2.35 bits per heavy atom. The van der Waals surface area contributed by atoms with E-state index in [-0.39, 0.29) is 5.82 Å². The lowest BCUT2D eigenvalue weighted by Gasteiger charge is -2.30. The number of benzene rings is 2. The number of halogens is 1. The topological polar surface area (TPSA) is 44.5 Å². The van der Waals surface area contributed by atoms with Gasteiger partial charge in [0.1, 0.15) is 5.82 Å². The Kier molecular flexibility index (Phi) is 4.31. The molecule has 0 unspecified atom stereocenters. The van der Waals surface area contributed by atoms with Crippen LogP contribution in [0.5, 0.6) is 0 Å². The molecular weight excluding hydrogens is 293 g/mol. The predicted octanol–water partition coefficient (Wildman–Crippen LogP) is 3.09. The Hall–Kier alpha value is -2.01. The van der Waals surface area contributed by atoms with Crippen LogP contribution in [0.15, 0.2) is 54.1 Å². The van der Waals surface area contributed by atoms with Crippen LogP contribution < -0.4 is 5.73 Å². The van der Waals surface area contributed by atoms with Gasteiger partial charge in [-0.15, -0.1) is 0 Å². The smallest absolute Gasteiger partial charge is 0.123 e. The zero-order chi connectivity index (χ0) is 16.4. The first-order valence-electron chi connectivity index (χ1n) is 7.48. The van der Waals surface area contributed by atoms with Crippen LogP contribution in [0.25, 0.3) is 5.57 Å². The Morgan fingerprint density at radius 1 is 1.00 bits per heavy atom. The van der Waals surface area contributed by atoms with Gasteiger partial charge in [0, 0.05) is 14.2 Å². The third kappa shape index (κ3) is 2.49. The monoisotopic (exact) mass is 313 g/mol. The van der Waals surface area contributed by atoms with E-state index in [1.165, 1.54) is 12.1 Å². The fourth-order valence-electron chi connectivity index (χ4n) is 3.36. The highest BCUT2D eigenvalue weighted by molar-refractivity contribution is 5.83.